The Bertz CT molecular complexity index is 299. The van der Waals surface area contributed by atoms with E-state index in [0.29, 0.717) is 0 Å². The van der Waals surface area contributed by atoms with Crippen molar-refractivity contribution in [3.05, 3.63) is 18.2 Å². The molecule has 1 heterocycles. The molecule has 0 amide bonds. The maximum atomic E-state index is 5.52. The summed E-state index contributed by atoms with van der Waals surface area (Å²) in [5, 5.41) is 3.44. The molecule has 18 heavy (non-hydrogen) atoms. The summed E-state index contributed by atoms with van der Waals surface area (Å²) >= 11 is 0. The van der Waals surface area contributed by atoms with E-state index in [1.165, 1.54) is 18.5 Å². The molecule has 0 unspecified atom stereocenters. The molecule has 0 bridgehead atoms. The van der Waals surface area contributed by atoms with Gasteiger partial charge in [-0.25, -0.2) is 4.98 Å². The molecule has 0 saturated heterocycles. The molecule has 0 spiro atoms. The van der Waals surface area contributed by atoms with E-state index in [9.17, 15) is 0 Å². The van der Waals surface area contributed by atoms with E-state index in [0.717, 1.165) is 45.7 Å². The smallest absolute Gasteiger partial charge is 0.0948 e. The Morgan fingerprint density at radius 1 is 1.22 bits per heavy atom. The minimum atomic E-state index is 0.862. The first-order chi connectivity index (χ1) is 8.88. The number of nitrogens with one attached hydrogen (secondary N) is 1. The molecule has 0 aliphatic rings. The maximum Gasteiger partial charge on any atom is 0.0948 e. The van der Waals surface area contributed by atoms with Crippen LogP contribution in [0.4, 0.5) is 0 Å². The number of hydrogen-bond acceptors (Lipinski definition) is 3. The SMILES string of the molecule is CCCCOCCCNCc1cncn1CCC. The number of imidazole rings is 1. The molecule has 1 aromatic rings. The quantitative estimate of drug-likeness (QED) is 0.616. The average molecular weight is 253 g/mol. The summed E-state index contributed by atoms with van der Waals surface area (Å²) in [6.07, 6.45) is 8.46. The van der Waals surface area contributed by atoms with Gasteiger partial charge in [0.1, 0.15) is 0 Å². The highest BCUT2D eigenvalue weighted by molar-refractivity contribution is 4.97. The van der Waals surface area contributed by atoms with E-state index in [1.807, 2.05) is 12.5 Å². The van der Waals surface area contributed by atoms with E-state index < -0.39 is 0 Å². The summed E-state index contributed by atoms with van der Waals surface area (Å²) in [6, 6.07) is 0. The zero-order chi connectivity index (χ0) is 13.1. The molecule has 0 aliphatic heterocycles. The van der Waals surface area contributed by atoms with Crippen molar-refractivity contribution in [2.24, 2.45) is 0 Å². The molecule has 4 heteroatoms. The van der Waals surface area contributed by atoms with Gasteiger partial charge in [-0.15, -0.1) is 0 Å². The summed E-state index contributed by atoms with van der Waals surface area (Å²) in [7, 11) is 0. The van der Waals surface area contributed by atoms with Gasteiger partial charge in [-0.2, -0.15) is 0 Å². The van der Waals surface area contributed by atoms with Crippen molar-refractivity contribution in [1.29, 1.82) is 0 Å². The van der Waals surface area contributed by atoms with Crippen molar-refractivity contribution in [2.75, 3.05) is 19.8 Å². The van der Waals surface area contributed by atoms with Gasteiger partial charge in [0.15, 0.2) is 0 Å². The first-order valence-corrected chi connectivity index (χ1v) is 7.16. The van der Waals surface area contributed by atoms with E-state index in [4.69, 9.17) is 4.74 Å². The van der Waals surface area contributed by atoms with Crippen molar-refractivity contribution in [2.45, 2.75) is 52.6 Å². The second-order valence-electron chi connectivity index (χ2n) is 4.57. The van der Waals surface area contributed by atoms with Crippen LogP contribution >= 0.6 is 0 Å². The highest BCUT2D eigenvalue weighted by Crippen LogP contribution is 2.00. The van der Waals surface area contributed by atoms with Crippen LogP contribution < -0.4 is 5.32 Å². The highest BCUT2D eigenvalue weighted by Gasteiger charge is 2.00. The Morgan fingerprint density at radius 2 is 2.06 bits per heavy atom. The molecule has 1 N–H and O–H groups in total. The van der Waals surface area contributed by atoms with Gasteiger partial charge in [0.05, 0.1) is 12.0 Å². The van der Waals surface area contributed by atoms with Crippen molar-refractivity contribution < 1.29 is 4.74 Å². The summed E-state index contributed by atoms with van der Waals surface area (Å²) in [5.74, 6) is 0. The lowest BCUT2D eigenvalue weighted by molar-refractivity contribution is 0.128. The van der Waals surface area contributed by atoms with E-state index in [2.05, 4.69) is 28.7 Å². The number of ether oxygens (including phenoxy) is 1. The van der Waals surface area contributed by atoms with Crippen LogP contribution in [0.3, 0.4) is 0 Å². The molecular formula is C14H27N3O. The second kappa shape index (κ2) is 10.1. The van der Waals surface area contributed by atoms with Crippen LogP contribution in [0.15, 0.2) is 12.5 Å². The minimum Gasteiger partial charge on any atom is -0.381 e. The van der Waals surface area contributed by atoms with E-state index >= 15 is 0 Å². The number of aryl methyl sites for hydroxylation is 1. The topological polar surface area (TPSA) is 39.1 Å². The van der Waals surface area contributed by atoms with Gasteiger partial charge in [-0.05, 0) is 25.8 Å². The Morgan fingerprint density at radius 3 is 2.83 bits per heavy atom. The molecule has 104 valence electrons. The lowest BCUT2D eigenvalue weighted by Gasteiger charge is -2.08. The first-order valence-electron chi connectivity index (χ1n) is 7.16. The molecule has 0 radical (unpaired) electrons. The number of aromatic nitrogens is 2. The number of nitrogens with zero attached hydrogens (tertiary/aromatic N) is 2. The molecular weight excluding hydrogens is 226 g/mol. The Hall–Kier alpha value is -0.870. The predicted octanol–water partition coefficient (Wildman–Crippen LogP) is 2.59. The summed E-state index contributed by atoms with van der Waals surface area (Å²) in [5.41, 5.74) is 1.27. The fourth-order valence-corrected chi connectivity index (χ4v) is 1.80. The minimum absolute atomic E-state index is 0.862. The van der Waals surface area contributed by atoms with Crippen molar-refractivity contribution in [1.82, 2.24) is 14.9 Å². The van der Waals surface area contributed by atoms with Gasteiger partial charge in [-0.1, -0.05) is 20.3 Å². The fraction of sp³-hybridized carbons (Fsp3) is 0.786. The van der Waals surface area contributed by atoms with Crippen molar-refractivity contribution in [3.8, 4) is 0 Å². The van der Waals surface area contributed by atoms with Gasteiger partial charge in [-0.3, -0.25) is 0 Å². The Kier molecular flexibility index (Phi) is 8.51. The van der Waals surface area contributed by atoms with Crippen LogP contribution in [-0.2, 0) is 17.8 Å². The lowest BCUT2D eigenvalue weighted by Crippen LogP contribution is -2.18. The van der Waals surface area contributed by atoms with Gasteiger partial charge in [0, 0.05) is 32.5 Å². The molecule has 1 rings (SSSR count). The number of hydrogen-bond donors (Lipinski definition) is 1. The van der Waals surface area contributed by atoms with Gasteiger partial charge < -0.3 is 14.6 Å². The van der Waals surface area contributed by atoms with Crippen LogP contribution in [0.2, 0.25) is 0 Å². The third-order valence-electron chi connectivity index (χ3n) is 2.85. The molecule has 0 fully saturated rings. The van der Waals surface area contributed by atoms with Crippen LogP contribution in [0.1, 0.15) is 45.2 Å². The Labute approximate surface area is 111 Å². The molecule has 0 aromatic carbocycles. The van der Waals surface area contributed by atoms with E-state index in [1.54, 1.807) is 0 Å². The summed E-state index contributed by atoms with van der Waals surface area (Å²) in [6.45, 7) is 9.09. The third kappa shape index (κ3) is 6.17. The fourth-order valence-electron chi connectivity index (χ4n) is 1.80. The normalized spacial score (nSPS) is 11.0. The first kappa shape index (κ1) is 15.2. The summed E-state index contributed by atoms with van der Waals surface area (Å²) < 4.78 is 7.73. The lowest BCUT2D eigenvalue weighted by atomic mass is 10.3. The van der Waals surface area contributed by atoms with Gasteiger partial charge in [0.2, 0.25) is 0 Å². The predicted molar refractivity (Wildman–Crippen MR) is 74.6 cm³/mol. The molecule has 0 aliphatic carbocycles. The zero-order valence-electron chi connectivity index (χ0n) is 11.8. The van der Waals surface area contributed by atoms with Crippen LogP contribution in [-0.4, -0.2) is 29.3 Å². The van der Waals surface area contributed by atoms with Crippen LogP contribution in [0.25, 0.3) is 0 Å². The van der Waals surface area contributed by atoms with Crippen LogP contribution in [0.5, 0.6) is 0 Å². The van der Waals surface area contributed by atoms with Gasteiger partial charge >= 0.3 is 0 Å². The zero-order valence-corrected chi connectivity index (χ0v) is 11.8. The highest BCUT2D eigenvalue weighted by atomic mass is 16.5. The van der Waals surface area contributed by atoms with Crippen molar-refractivity contribution in [3.63, 3.8) is 0 Å². The molecule has 4 nitrogen and oxygen atoms in total. The third-order valence-corrected chi connectivity index (χ3v) is 2.85. The van der Waals surface area contributed by atoms with E-state index in [-0.39, 0.29) is 0 Å². The van der Waals surface area contributed by atoms with Crippen molar-refractivity contribution >= 4 is 0 Å². The molecule has 0 atom stereocenters. The van der Waals surface area contributed by atoms with Gasteiger partial charge in [0.25, 0.3) is 0 Å². The monoisotopic (exact) mass is 253 g/mol. The van der Waals surface area contributed by atoms with Crippen LogP contribution in [0, 0.1) is 0 Å². The number of unbranched alkanes of at least 4 members (excludes halogenated alkanes) is 1. The Balaban J connectivity index is 2.01. The average Bonchev–Trinajstić information content (AvgIpc) is 2.81. The maximum absolute atomic E-state index is 5.52. The largest absolute Gasteiger partial charge is 0.381 e. The standard InChI is InChI=1S/C14H27N3O/c1-3-5-9-18-10-6-7-15-11-14-12-16-13-17(14)8-4-2/h12-13,15H,3-11H2,1-2H3. The second-order valence-corrected chi connectivity index (χ2v) is 4.57. The molecule has 1 aromatic heterocycles. The molecule has 0 saturated carbocycles. The number of rotatable bonds is 11. The summed E-state index contributed by atoms with van der Waals surface area (Å²) in [4.78, 5) is 4.19.